The molecule has 0 saturated carbocycles. The monoisotopic (exact) mass is 230 g/mol. The molecule has 5 heteroatoms. The van der Waals surface area contributed by atoms with E-state index in [0.29, 0.717) is 0 Å². The van der Waals surface area contributed by atoms with E-state index in [9.17, 15) is 4.79 Å². The molecule has 0 radical (unpaired) electrons. The van der Waals surface area contributed by atoms with Crippen molar-refractivity contribution in [3.8, 4) is 11.3 Å². The third kappa shape index (κ3) is 2.70. The molecule has 17 heavy (non-hydrogen) atoms. The van der Waals surface area contributed by atoms with Crippen LogP contribution in [0.5, 0.6) is 0 Å². The number of nitrogens with one attached hydrogen (secondary N) is 2. The average Bonchev–Trinajstić information content (AvgIpc) is 2.82. The van der Waals surface area contributed by atoms with Gasteiger partial charge in [-0.05, 0) is 25.1 Å². The number of nitrogens with two attached hydrogens (primary N) is 1. The van der Waals surface area contributed by atoms with Crippen molar-refractivity contribution in [1.29, 1.82) is 0 Å². The molecule has 0 aliphatic heterocycles. The SMILES string of the molecule is C[C@@H](N)C(=O)Nc1cccc(-c2ccn[nH]2)c1. The molecule has 0 aliphatic rings. The maximum absolute atomic E-state index is 11.5. The lowest BCUT2D eigenvalue weighted by molar-refractivity contribution is -0.117. The maximum Gasteiger partial charge on any atom is 0.240 e. The molecule has 0 fully saturated rings. The summed E-state index contributed by atoms with van der Waals surface area (Å²) in [6.45, 7) is 1.65. The van der Waals surface area contributed by atoms with Crippen LogP contribution < -0.4 is 11.1 Å². The number of anilines is 1. The summed E-state index contributed by atoms with van der Waals surface area (Å²) in [5.74, 6) is -0.202. The van der Waals surface area contributed by atoms with Gasteiger partial charge in [0.05, 0.1) is 11.7 Å². The van der Waals surface area contributed by atoms with Gasteiger partial charge in [-0.15, -0.1) is 0 Å². The summed E-state index contributed by atoms with van der Waals surface area (Å²) in [4.78, 5) is 11.5. The number of H-pyrrole nitrogens is 1. The Bertz CT molecular complexity index is 505. The van der Waals surface area contributed by atoms with Crippen LogP contribution in [-0.4, -0.2) is 22.1 Å². The minimum Gasteiger partial charge on any atom is -0.325 e. The van der Waals surface area contributed by atoms with Gasteiger partial charge in [-0.3, -0.25) is 9.89 Å². The molecular weight excluding hydrogens is 216 g/mol. The number of benzene rings is 1. The van der Waals surface area contributed by atoms with Crippen molar-refractivity contribution in [2.24, 2.45) is 5.73 Å². The highest BCUT2D eigenvalue weighted by Gasteiger charge is 2.08. The second kappa shape index (κ2) is 4.80. The van der Waals surface area contributed by atoms with Crippen molar-refractivity contribution in [2.75, 3.05) is 5.32 Å². The normalized spacial score (nSPS) is 12.1. The van der Waals surface area contributed by atoms with Crippen molar-refractivity contribution in [1.82, 2.24) is 10.2 Å². The van der Waals surface area contributed by atoms with Crippen molar-refractivity contribution in [3.05, 3.63) is 36.5 Å². The fraction of sp³-hybridized carbons (Fsp3) is 0.167. The van der Waals surface area contributed by atoms with Crippen LogP contribution in [0.15, 0.2) is 36.5 Å². The zero-order valence-electron chi connectivity index (χ0n) is 9.47. The molecule has 0 spiro atoms. The molecule has 88 valence electrons. The zero-order chi connectivity index (χ0) is 12.3. The Morgan fingerprint density at radius 2 is 2.29 bits per heavy atom. The van der Waals surface area contributed by atoms with E-state index in [1.165, 1.54) is 0 Å². The largest absolute Gasteiger partial charge is 0.325 e. The Morgan fingerprint density at radius 3 is 2.94 bits per heavy atom. The Morgan fingerprint density at radius 1 is 1.47 bits per heavy atom. The number of aromatic amines is 1. The van der Waals surface area contributed by atoms with Gasteiger partial charge >= 0.3 is 0 Å². The van der Waals surface area contributed by atoms with Crippen molar-refractivity contribution >= 4 is 11.6 Å². The molecule has 0 unspecified atom stereocenters. The summed E-state index contributed by atoms with van der Waals surface area (Å²) in [5.41, 5.74) is 8.08. The first-order chi connectivity index (χ1) is 8.16. The zero-order valence-corrected chi connectivity index (χ0v) is 9.47. The highest BCUT2D eigenvalue weighted by Crippen LogP contribution is 2.20. The topological polar surface area (TPSA) is 83.8 Å². The first-order valence-corrected chi connectivity index (χ1v) is 5.33. The average molecular weight is 230 g/mol. The van der Waals surface area contributed by atoms with Gasteiger partial charge in [0, 0.05) is 17.4 Å². The third-order valence-electron chi connectivity index (χ3n) is 2.36. The number of aromatic nitrogens is 2. The van der Waals surface area contributed by atoms with E-state index in [2.05, 4.69) is 15.5 Å². The number of hydrogen-bond acceptors (Lipinski definition) is 3. The number of carbonyl (C=O) groups is 1. The summed E-state index contributed by atoms with van der Waals surface area (Å²) in [6, 6.07) is 8.84. The van der Waals surface area contributed by atoms with E-state index in [0.717, 1.165) is 16.9 Å². The molecule has 5 nitrogen and oxygen atoms in total. The number of amides is 1. The standard InChI is InChI=1S/C12H14N4O/c1-8(13)12(17)15-10-4-2-3-9(7-10)11-5-6-14-16-11/h2-8H,13H2,1H3,(H,14,16)(H,15,17)/t8-/m1/s1. The Labute approximate surface area is 99.0 Å². The van der Waals surface area contributed by atoms with Gasteiger partial charge in [0.1, 0.15) is 0 Å². The minimum absolute atomic E-state index is 0.202. The van der Waals surface area contributed by atoms with Gasteiger partial charge < -0.3 is 11.1 Å². The third-order valence-corrected chi connectivity index (χ3v) is 2.36. The van der Waals surface area contributed by atoms with Crippen LogP contribution >= 0.6 is 0 Å². The van der Waals surface area contributed by atoms with Crippen LogP contribution in [0.4, 0.5) is 5.69 Å². The highest BCUT2D eigenvalue weighted by molar-refractivity contribution is 5.94. The van der Waals surface area contributed by atoms with Crippen molar-refractivity contribution in [2.45, 2.75) is 13.0 Å². The van der Waals surface area contributed by atoms with Gasteiger partial charge in [-0.25, -0.2) is 0 Å². The van der Waals surface area contributed by atoms with Crippen molar-refractivity contribution in [3.63, 3.8) is 0 Å². The molecule has 1 aromatic carbocycles. The quantitative estimate of drug-likeness (QED) is 0.744. The Kier molecular flexibility index (Phi) is 3.20. The van der Waals surface area contributed by atoms with Crippen molar-refractivity contribution < 1.29 is 4.79 Å². The number of nitrogens with zero attached hydrogens (tertiary/aromatic N) is 1. The molecule has 0 saturated heterocycles. The van der Waals surface area contributed by atoms with Crippen LogP contribution in [0.25, 0.3) is 11.3 Å². The van der Waals surface area contributed by atoms with Crippen LogP contribution in [0, 0.1) is 0 Å². The molecule has 1 amide bonds. The van der Waals surface area contributed by atoms with Crippen LogP contribution in [0.2, 0.25) is 0 Å². The molecule has 4 N–H and O–H groups in total. The summed E-state index contributed by atoms with van der Waals surface area (Å²) in [7, 11) is 0. The number of carbonyl (C=O) groups excluding carboxylic acids is 1. The molecule has 0 bridgehead atoms. The second-order valence-corrected chi connectivity index (χ2v) is 3.83. The van der Waals surface area contributed by atoms with Gasteiger partial charge in [-0.2, -0.15) is 5.10 Å². The van der Waals surface area contributed by atoms with Crippen LogP contribution in [0.3, 0.4) is 0 Å². The fourth-order valence-electron chi connectivity index (χ4n) is 1.44. The van der Waals surface area contributed by atoms with Gasteiger partial charge in [-0.1, -0.05) is 12.1 Å². The lowest BCUT2D eigenvalue weighted by atomic mass is 10.1. The Balaban J connectivity index is 2.20. The predicted molar refractivity (Wildman–Crippen MR) is 66.3 cm³/mol. The van der Waals surface area contributed by atoms with E-state index >= 15 is 0 Å². The van der Waals surface area contributed by atoms with E-state index < -0.39 is 6.04 Å². The van der Waals surface area contributed by atoms with Gasteiger partial charge in [0.25, 0.3) is 0 Å². The lowest BCUT2D eigenvalue weighted by Gasteiger charge is -2.08. The van der Waals surface area contributed by atoms with E-state index in [4.69, 9.17) is 5.73 Å². The van der Waals surface area contributed by atoms with Gasteiger partial charge in [0.15, 0.2) is 0 Å². The molecular formula is C12H14N4O. The first kappa shape index (κ1) is 11.3. The summed E-state index contributed by atoms with van der Waals surface area (Å²) < 4.78 is 0. The van der Waals surface area contributed by atoms with Crippen LogP contribution in [0.1, 0.15) is 6.92 Å². The molecule has 1 heterocycles. The second-order valence-electron chi connectivity index (χ2n) is 3.83. The molecule has 1 atom stereocenters. The lowest BCUT2D eigenvalue weighted by Crippen LogP contribution is -2.32. The summed E-state index contributed by atoms with van der Waals surface area (Å²) in [6.07, 6.45) is 1.68. The molecule has 2 aromatic rings. The molecule has 2 rings (SSSR count). The fourth-order valence-corrected chi connectivity index (χ4v) is 1.44. The first-order valence-electron chi connectivity index (χ1n) is 5.33. The van der Waals surface area contributed by atoms with Crippen LogP contribution in [-0.2, 0) is 4.79 Å². The number of hydrogen-bond donors (Lipinski definition) is 3. The molecule has 0 aliphatic carbocycles. The number of rotatable bonds is 3. The van der Waals surface area contributed by atoms with E-state index in [1.54, 1.807) is 13.1 Å². The Hall–Kier alpha value is -2.14. The smallest absolute Gasteiger partial charge is 0.240 e. The van der Waals surface area contributed by atoms with E-state index in [-0.39, 0.29) is 5.91 Å². The van der Waals surface area contributed by atoms with E-state index in [1.807, 2.05) is 30.3 Å². The minimum atomic E-state index is -0.522. The summed E-state index contributed by atoms with van der Waals surface area (Å²) in [5, 5.41) is 9.50. The predicted octanol–water partition coefficient (Wildman–Crippen LogP) is 1.36. The summed E-state index contributed by atoms with van der Waals surface area (Å²) >= 11 is 0. The maximum atomic E-state index is 11.5. The highest BCUT2D eigenvalue weighted by atomic mass is 16.2. The molecule has 1 aromatic heterocycles. The van der Waals surface area contributed by atoms with Gasteiger partial charge in [0.2, 0.25) is 5.91 Å².